The molecular weight excluding hydrogens is 287 g/mol. The molecule has 0 radical (unpaired) electrons. The minimum absolute atomic E-state index is 0.145. The second-order valence-corrected chi connectivity index (χ2v) is 5.02. The maximum Gasteiger partial charge on any atom is 0.573 e. The maximum absolute atomic E-state index is 12.4. The van der Waals surface area contributed by atoms with Crippen molar-refractivity contribution < 1.29 is 27.8 Å². The Morgan fingerprint density at radius 3 is 2.71 bits per heavy atom. The van der Waals surface area contributed by atoms with Crippen LogP contribution in [0, 0.1) is 5.92 Å². The number of carbonyl (C=O) groups excluding carboxylic acids is 1. The topological polar surface area (TPSA) is 49.8 Å². The molecule has 1 aromatic carbocycles. The number of alkyl halides is 3. The lowest BCUT2D eigenvalue weighted by Crippen LogP contribution is -2.31. The fourth-order valence-electron chi connectivity index (χ4n) is 2.36. The zero-order chi connectivity index (χ0) is 15.6. The Hall–Kier alpha value is -1.76. The van der Waals surface area contributed by atoms with Gasteiger partial charge in [0.05, 0.1) is 6.61 Å². The van der Waals surface area contributed by atoms with Crippen molar-refractivity contribution in [3.05, 3.63) is 29.8 Å². The van der Waals surface area contributed by atoms with E-state index in [1.54, 1.807) is 19.2 Å². The average Bonchev–Trinajstić information content (AvgIpc) is 3.17. The Bertz CT molecular complexity index is 518. The van der Waals surface area contributed by atoms with Crippen molar-refractivity contribution in [2.75, 3.05) is 20.2 Å². The quantitative estimate of drug-likeness (QED) is 0.906. The highest BCUT2D eigenvalue weighted by molar-refractivity contribution is 5.83. The third kappa shape index (κ3) is 3.87. The summed E-state index contributed by atoms with van der Waals surface area (Å²) in [4.78, 5) is 13.4. The summed E-state index contributed by atoms with van der Waals surface area (Å²) >= 11 is 0. The summed E-state index contributed by atoms with van der Waals surface area (Å²) in [5.74, 6) is -1.04. The molecule has 2 atom stereocenters. The highest BCUT2D eigenvalue weighted by Crippen LogP contribution is 2.51. The molecule has 1 fully saturated rings. The molecule has 0 aliphatic heterocycles. The lowest BCUT2D eigenvalue weighted by Gasteiger charge is -2.16. The van der Waals surface area contributed by atoms with Gasteiger partial charge in [-0.15, -0.1) is 13.2 Å². The van der Waals surface area contributed by atoms with Crippen molar-refractivity contribution >= 4 is 5.91 Å². The van der Waals surface area contributed by atoms with Crippen LogP contribution >= 0.6 is 0 Å². The molecule has 2 rings (SSSR count). The van der Waals surface area contributed by atoms with Crippen molar-refractivity contribution in [3.8, 4) is 5.75 Å². The molecule has 1 amide bonds. The second kappa shape index (κ2) is 5.93. The maximum atomic E-state index is 12.4. The molecule has 116 valence electrons. The Labute approximate surface area is 120 Å². The SMILES string of the molecule is CN(CCO)C(=O)C1CC1c1ccccc1OC(F)(F)F. The van der Waals surface area contributed by atoms with Crippen molar-refractivity contribution in [1.82, 2.24) is 4.90 Å². The van der Waals surface area contributed by atoms with E-state index >= 15 is 0 Å². The molecule has 1 aromatic rings. The molecule has 2 unspecified atom stereocenters. The minimum Gasteiger partial charge on any atom is -0.405 e. The van der Waals surface area contributed by atoms with Gasteiger partial charge in [-0.1, -0.05) is 18.2 Å². The first-order chi connectivity index (χ1) is 9.83. The van der Waals surface area contributed by atoms with Gasteiger partial charge in [0.25, 0.3) is 0 Å². The second-order valence-electron chi connectivity index (χ2n) is 5.02. The number of aliphatic hydroxyl groups excluding tert-OH is 1. The molecule has 0 saturated heterocycles. The monoisotopic (exact) mass is 303 g/mol. The zero-order valence-electron chi connectivity index (χ0n) is 11.4. The normalized spacial score (nSPS) is 21.0. The largest absolute Gasteiger partial charge is 0.573 e. The van der Waals surface area contributed by atoms with Crippen LogP contribution in [0.25, 0.3) is 0 Å². The molecule has 0 bridgehead atoms. The fourth-order valence-corrected chi connectivity index (χ4v) is 2.36. The van der Waals surface area contributed by atoms with E-state index in [0.717, 1.165) is 0 Å². The molecule has 7 heteroatoms. The zero-order valence-corrected chi connectivity index (χ0v) is 11.4. The molecule has 0 aromatic heterocycles. The number of carbonyl (C=O) groups is 1. The van der Waals surface area contributed by atoms with Crippen LogP contribution in [0.4, 0.5) is 13.2 Å². The van der Waals surface area contributed by atoms with Crippen molar-refractivity contribution in [1.29, 1.82) is 0 Å². The van der Waals surface area contributed by atoms with E-state index in [2.05, 4.69) is 4.74 Å². The van der Waals surface area contributed by atoms with Gasteiger partial charge in [-0.2, -0.15) is 0 Å². The fraction of sp³-hybridized carbons (Fsp3) is 0.500. The third-order valence-electron chi connectivity index (χ3n) is 3.46. The van der Waals surface area contributed by atoms with E-state index in [9.17, 15) is 18.0 Å². The number of rotatable bonds is 5. The lowest BCUT2D eigenvalue weighted by atomic mass is 10.1. The highest BCUT2D eigenvalue weighted by Gasteiger charge is 2.47. The number of amides is 1. The van der Waals surface area contributed by atoms with Crippen LogP contribution in [0.2, 0.25) is 0 Å². The number of nitrogens with zero attached hydrogens (tertiary/aromatic N) is 1. The molecule has 1 saturated carbocycles. The van der Waals surface area contributed by atoms with Gasteiger partial charge in [-0.25, -0.2) is 0 Å². The summed E-state index contributed by atoms with van der Waals surface area (Å²) in [6.45, 7) is 0.0656. The highest BCUT2D eigenvalue weighted by atomic mass is 19.4. The number of para-hydroxylation sites is 1. The Kier molecular flexibility index (Phi) is 4.41. The van der Waals surface area contributed by atoms with E-state index < -0.39 is 6.36 Å². The van der Waals surface area contributed by atoms with Gasteiger partial charge < -0.3 is 14.7 Å². The molecule has 4 nitrogen and oxygen atoms in total. The summed E-state index contributed by atoms with van der Waals surface area (Å²) in [6.07, 6.45) is -4.26. The van der Waals surface area contributed by atoms with Gasteiger partial charge in [0.2, 0.25) is 5.91 Å². The predicted molar refractivity (Wildman–Crippen MR) is 68.7 cm³/mol. The van der Waals surface area contributed by atoms with Crippen molar-refractivity contribution in [3.63, 3.8) is 0 Å². The van der Waals surface area contributed by atoms with Gasteiger partial charge in [0.1, 0.15) is 5.75 Å². The first-order valence-corrected chi connectivity index (χ1v) is 6.54. The van der Waals surface area contributed by atoms with Crippen LogP contribution < -0.4 is 4.74 Å². The van der Waals surface area contributed by atoms with Gasteiger partial charge in [0, 0.05) is 19.5 Å². The number of aliphatic hydroxyl groups is 1. The molecule has 1 aliphatic carbocycles. The van der Waals surface area contributed by atoms with E-state index in [4.69, 9.17) is 5.11 Å². The molecule has 1 N–H and O–H groups in total. The molecule has 21 heavy (non-hydrogen) atoms. The number of ether oxygens (including phenoxy) is 1. The standard InChI is InChI=1S/C14H16F3NO3/c1-18(6-7-19)13(20)11-8-10(11)9-4-2-3-5-12(9)21-14(15,16)17/h2-5,10-11,19H,6-8H2,1H3. The number of hydrogen-bond donors (Lipinski definition) is 1. The first-order valence-electron chi connectivity index (χ1n) is 6.54. The van der Waals surface area contributed by atoms with Crippen LogP contribution in [0.15, 0.2) is 24.3 Å². The number of halogens is 3. The van der Waals surface area contributed by atoms with Gasteiger partial charge in [0.15, 0.2) is 0 Å². The number of hydrogen-bond acceptors (Lipinski definition) is 3. The van der Waals surface area contributed by atoms with Crippen LogP contribution in [0.1, 0.15) is 17.9 Å². The van der Waals surface area contributed by atoms with Crippen LogP contribution in [-0.2, 0) is 4.79 Å². The minimum atomic E-state index is -4.75. The molecule has 0 heterocycles. The average molecular weight is 303 g/mol. The summed E-state index contributed by atoms with van der Waals surface area (Å²) < 4.78 is 41.1. The van der Waals surface area contributed by atoms with Crippen molar-refractivity contribution in [2.45, 2.75) is 18.7 Å². The lowest BCUT2D eigenvalue weighted by molar-refractivity contribution is -0.274. The Morgan fingerprint density at radius 1 is 1.43 bits per heavy atom. The Morgan fingerprint density at radius 2 is 2.10 bits per heavy atom. The van der Waals surface area contributed by atoms with E-state index in [1.807, 2.05) is 0 Å². The number of benzene rings is 1. The molecule has 0 spiro atoms. The summed E-state index contributed by atoms with van der Waals surface area (Å²) in [6, 6.07) is 5.88. The van der Waals surface area contributed by atoms with Crippen LogP contribution in [0.3, 0.4) is 0 Å². The predicted octanol–water partition coefficient (Wildman–Crippen LogP) is 2.14. The van der Waals surface area contributed by atoms with Gasteiger partial charge in [-0.05, 0) is 24.0 Å². The Balaban J connectivity index is 2.09. The van der Waals surface area contributed by atoms with Gasteiger partial charge in [-0.3, -0.25) is 4.79 Å². The third-order valence-corrected chi connectivity index (χ3v) is 3.46. The van der Waals surface area contributed by atoms with E-state index in [1.165, 1.54) is 17.0 Å². The summed E-state index contributed by atoms with van der Waals surface area (Å²) in [5.41, 5.74) is 0.394. The first kappa shape index (κ1) is 15.6. The van der Waals surface area contributed by atoms with Crippen LogP contribution in [0.5, 0.6) is 5.75 Å². The van der Waals surface area contributed by atoms with E-state index in [-0.39, 0.29) is 36.6 Å². The summed E-state index contributed by atoms with van der Waals surface area (Å²) in [5, 5.41) is 8.80. The summed E-state index contributed by atoms with van der Waals surface area (Å²) in [7, 11) is 1.56. The van der Waals surface area contributed by atoms with Gasteiger partial charge >= 0.3 is 6.36 Å². The smallest absolute Gasteiger partial charge is 0.405 e. The number of likely N-dealkylation sites (N-methyl/N-ethyl adjacent to an activating group) is 1. The van der Waals surface area contributed by atoms with Crippen molar-refractivity contribution in [2.24, 2.45) is 5.92 Å². The molecular formula is C14H16F3NO3. The molecule has 1 aliphatic rings. The van der Waals surface area contributed by atoms with Crippen LogP contribution in [-0.4, -0.2) is 42.5 Å². The van der Waals surface area contributed by atoms with E-state index in [0.29, 0.717) is 12.0 Å².